The van der Waals surface area contributed by atoms with E-state index in [1.54, 1.807) is 6.07 Å². The van der Waals surface area contributed by atoms with Gasteiger partial charge in [-0.2, -0.15) is 0 Å². The predicted molar refractivity (Wildman–Crippen MR) is 79.1 cm³/mol. The third-order valence-corrected chi connectivity index (χ3v) is 4.84. The van der Waals surface area contributed by atoms with Crippen LogP contribution in [0.4, 0.5) is 4.39 Å². The van der Waals surface area contributed by atoms with Gasteiger partial charge in [-0.05, 0) is 24.3 Å². The van der Waals surface area contributed by atoms with Crippen LogP contribution >= 0.6 is 0 Å². The van der Waals surface area contributed by atoms with Crippen LogP contribution in [0.1, 0.15) is 0 Å². The van der Waals surface area contributed by atoms with Crippen molar-refractivity contribution in [3.8, 4) is 11.3 Å². The first-order valence-electron chi connectivity index (χ1n) is 6.47. The van der Waals surface area contributed by atoms with Crippen LogP contribution in [-0.4, -0.2) is 30.4 Å². The maximum atomic E-state index is 13.8. The molecule has 0 unspecified atom stereocenters. The Labute approximate surface area is 130 Å². The molecule has 0 aliphatic heterocycles. The molecule has 0 aliphatic carbocycles. The van der Waals surface area contributed by atoms with Crippen molar-refractivity contribution in [1.29, 1.82) is 0 Å². The average Bonchev–Trinajstić information content (AvgIpc) is 2.89. The van der Waals surface area contributed by atoms with Gasteiger partial charge in [-0.15, -0.1) is 0 Å². The Hall–Kier alpha value is -2.74. The molecule has 8 heteroatoms. The molecular formula is C15H10FNO5S. The number of nitrogens with zero attached hydrogens (tertiary/aromatic N) is 1. The summed E-state index contributed by atoms with van der Waals surface area (Å²) in [5.74, 6) is -2.95. The molecule has 6 nitrogen and oxygen atoms in total. The number of aliphatic carboxylic acids is 1. The molecule has 0 fully saturated rings. The maximum absolute atomic E-state index is 13.8. The van der Waals surface area contributed by atoms with Crippen molar-refractivity contribution in [3.05, 3.63) is 48.3 Å². The Kier molecular flexibility index (Phi) is 3.61. The number of halogens is 1. The van der Waals surface area contributed by atoms with Crippen molar-refractivity contribution >= 4 is 26.8 Å². The average molecular weight is 335 g/mol. The molecule has 3 rings (SSSR count). The topological polar surface area (TPSA) is 97.5 Å². The highest BCUT2D eigenvalue weighted by molar-refractivity contribution is 7.92. The van der Waals surface area contributed by atoms with Gasteiger partial charge in [-0.25, -0.2) is 12.8 Å². The third-order valence-electron chi connectivity index (χ3n) is 3.25. The molecule has 0 radical (unpaired) electrons. The van der Waals surface area contributed by atoms with Crippen LogP contribution in [0.2, 0.25) is 0 Å². The van der Waals surface area contributed by atoms with Crippen LogP contribution < -0.4 is 0 Å². The molecule has 0 aliphatic rings. The first kappa shape index (κ1) is 15.2. The minimum atomic E-state index is -3.98. The highest BCUT2D eigenvalue weighted by atomic mass is 32.2. The predicted octanol–water partition coefficient (Wildman–Crippen LogP) is 2.49. The number of carbonyl (C=O) groups is 1. The number of hydrogen-bond donors (Lipinski definition) is 1. The number of carboxylic acid groups (broad SMARTS) is 1. The maximum Gasteiger partial charge on any atom is 0.319 e. The highest BCUT2D eigenvalue weighted by Gasteiger charge is 2.21. The molecule has 0 saturated heterocycles. The first-order valence-corrected chi connectivity index (χ1v) is 8.12. The van der Waals surface area contributed by atoms with Crippen LogP contribution in [0, 0.1) is 5.82 Å². The summed E-state index contributed by atoms with van der Waals surface area (Å²) in [6.07, 6.45) is 0. The molecule has 23 heavy (non-hydrogen) atoms. The first-order chi connectivity index (χ1) is 10.9. The molecule has 118 valence electrons. The van der Waals surface area contributed by atoms with Crippen molar-refractivity contribution in [1.82, 2.24) is 5.16 Å². The van der Waals surface area contributed by atoms with Crippen molar-refractivity contribution in [3.63, 3.8) is 0 Å². The van der Waals surface area contributed by atoms with Gasteiger partial charge >= 0.3 is 5.97 Å². The number of hydrogen-bond acceptors (Lipinski definition) is 5. The van der Waals surface area contributed by atoms with Gasteiger partial charge in [0.2, 0.25) is 0 Å². The minimum Gasteiger partial charge on any atom is -0.480 e. The molecule has 2 aromatic carbocycles. The molecule has 1 heterocycles. The zero-order valence-electron chi connectivity index (χ0n) is 11.6. The van der Waals surface area contributed by atoms with E-state index in [0.717, 1.165) is 0 Å². The number of rotatable bonds is 4. The number of fused-ring (bicyclic) bond motifs is 1. The normalized spacial score (nSPS) is 11.7. The van der Waals surface area contributed by atoms with Gasteiger partial charge in [0.1, 0.15) is 11.5 Å². The minimum absolute atomic E-state index is 0.134. The molecule has 1 N–H and O–H groups in total. The lowest BCUT2D eigenvalue weighted by atomic mass is 10.1. The largest absolute Gasteiger partial charge is 0.480 e. The fourth-order valence-corrected chi connectivity index (χ4v) is 3.26. The van der Waals surface area contributed by atoms with E-state index in [9.17, 15) is 17.6 Å². The van der Waals surface area contributed by atoms with Gasteiger partial charge in [0.25, 0.3) is 0 Å². The van der Waals surface area contributed by atoms with Gasteiger partial charge in [-0.3, -0.25) is 4.79 Å². The molecular weight excluding hydrogens is 325 g/mol. The summed E-state index contributed by atoms with van der Waals surface area (Å²) in [4.78, 5) is 10.4. The van der Waals surface area contributed by atoms with Gasteiger partial charge in [0.15, 0.2) is 21.2 Å². The fourth-order valence-electron chi connectivity index (χ4n) is 2.20. The van der Waals surface area contributed by atoms with E-state index >= 15 is 0 Å². The molecule has 3 aromatic rings. The van der Waals surface area contributed by atoms with Crippen molar-refractivity contribution in [2.75, 3.05) is 5.75 Å². The second-order valence-corrected chi connectivity index (χ2v) is 6.81. The Morgan fingerprint density at radius 3 is 2.65 bits per heavy atom. The van der Waals surface area contributed by atoms with Crippen molar-refractivity contribution in [2.24, 2.45) is 0 Å². The summed E-state index contributed by atoms with van der Waals surface area (Å²) in [5, 5.41) is 12.9. The van der Waals surface area contributed by atoms with E-state index in [2.05, 4.69) is 5.16 Å². The van der Waals surface area contributed by atoms with Gasteiger partial charge in [0, 0.05) is 17.0 Å². The van der Waals surface area contributed by atoms with E-state index in [4.69, 9.17) is 9.63 Å². The molecule has 1 aromatic heterocycles. The SMILES string of the molecule is O=C(O)CS(=O)(=O)c1ccc2c(-c3ccccc3F)noc2c1. The van der Waals surface area contributed by atoms with E-state index < -0.39 is 27.4 Å². The van der Waals surface area contributed by atoms with E-state index in [0.29, 0.717) is 5.39 Å². The summed E-state index contributed by atoms with van der Waals surface area (Å²) in [5.41, 5.74) is 0.613. The van der Waals surface area contributed by atoms with Gasteiger partial charge < -0.3 is 9.63 Å². The summed E-state index contributed by atoms with van der Waals surface area (Å²) in [6.45, 7) is 0. The Morgan fingerprint density at radius 2 is 1.96 bits per heavy atom. The Balaban J connectivity index is 2.12. The summed E-state index contributed by atoms with van der Waals surface area (Å²) in [7, 11) is -3.98. The molecule has 0 atom stereocenters. The zero-order valence-corrected chi connectivity index (χ0v) is 12.4. The van der Waals surface area contributed by atoms with Crippen LogP contribution in [-0.2, 0) is 14.6 Å². The lowest BCUT2D eigenvalue weighted by Crippen LogP contribution is -2.15. The smallest absolute Gasteiger partial charge is 0.319 e. The van der Waals surface area contributed by atoms with E-state index in [-0.39, 0.29) is 21.7 Å². The summed E-state index contributed by atoms with van der Waals surface area (Å²) in [6, 6.07) is 9.85. The Bertz CT molecular complexity index is 1010. The number of benzene rings is 2. The monoisotopic (exact) mass is 335 g/mol. The van der Waals surface area contributed by atoms with Crippen LogP contribution in [0.3, 0.4) is 0 Å². The summed E-state index contributed by atoms with van der Waals surface area (Å²) < 4.78 is 42.7. The number of aromatic nitrogens is 1. The lowest BCUT2D eigenvalue weighted by Gasteiger charge is -2.01. The zero-order chi connectivity index (χ0) is 16.6. The van der Waals surface area contributed by atoms with Crippen LogP contribution in [0.5, 0.6) is 0 Å². The highest BCUT2D eigenvalue weighted by Crippen LogP contribution is 2.31. The molecule has 0 amide bonds. The van der Waals surface area contributed by atoms with Crippen molar-refractivity contribution < 1.29 is 27.2 Å². The van der Waals surface area contributed by atoms with E-state index in [1.165, 1.54) is 36.4 Å². The molecule has 0 spiro atoms. The van der Waals surface area contributed by atoms with Crippen LogP contribution in [0.25, 0.3) is 22.2 Å². The quantitative estimate of drug-likeness (QED) is 0.787. The van der Waals surface area contributed by atoms with Crippen molar-refractivity contribution in [2.45, 2.75) is 4.90 Å². The second kappa shape index (κ2) is 5.47. The van der Waals surface area contributed by atoms with Gasteiger partial charge in [0.05, 0.1) is 4.90 Å². The number of sulfone groups is 1. The lowest BCUT2D eigenvalue weighted by molar-refractivity contribution is -0.134. The van der Waals surface area contributed by atoms with Crippen LogP contribution in [0.15, 0.2) is 51.9 Å². The molecule has 0 bridgehead atoms. The summed E-state index contributed by atoms with van der Waals surface area (Å²) >= 11 is 0. The fraction of sp³-hybridized carbons (Fsp3) is 0.0667. The van der Waals surface area contributed by atoms with Gasteiger partial charge in [-0.1, -0.05) is 17.3 Å². The number of carboxylic acids is 1. The standard InChI is InChI=1S/C15H10FNO5S/c16-12-4-2-1-3-10(12)15-11-6-5-9(7-13(11)22-17-15)23(20,21)8-14(18)19/h1-7H,8H2,(H,18,19). The second-order valence-electron chi connectivity index (χ2n) is 4.82. The molecule has 0 saturated carbocycles. The van der Waals surface area contributed by atoms with E-state index in [1.807, 2.05) is 0 Å². The third kappa shape index (κ3) is 2.80. The Morgan fingerprint density at radius 1 is 1.22 bits per heavy atom.